The Balaban J connectivity index is 1.57. The Bertz CT molecular complexity index is 979. The monoisotopic (exact) mass is 532 g/mol. The van der Waals surface area contributed by atoms with E-state index in [1.54, 1.807) is 0 Å². The summed E-state index contributed by atoms with van der Waals surface area (Å²) in [6, 6.07) is 0. The molecule has 0 heterocycles. The minimum Gasteiger partial charge on any atom is -0.481 e. The Kier molecular flexibility index (Phi) is 6.67. The molecule has 0 aromatic rings. The van der Waals surface area contributed by atoms with Gasteiger partial charge >= 0.3 is 11.9 Å². The summed E-state index contributed by atoms with van der Waals surface area (Å²) >= 11 is 0. The molecule has 1 spiro atoms. The van der Waals surface area contributed by atoms with E-state index >= 15 is 0 Å². The van der Waals surface area contributed by atoms with Crippen molar-refractivity contribution in [3.63, 3.8) is 0 Å². The van der Waals surface area contributed by atoms with Gasteiger partial charge < -0.3 is 20.1 Å². The van der Waals surface area contributed by atoms with Crippen LogP contribution in [0.4, 0.5) is 0 Å². The van der Waals surface area contributed by atoms with Crippen LogP contribution >= 0.6 is 0 Å². The fraction of sp³-hybridized carbons (Fsp3) is 0.938. The Labute approximate surface area is 229 Å². The number of rotatable bonds is 6. The fourth-order valence-corrected chi connectivity index (χ4v) is 11.8. The molecule has 0 saturated heterocycles. The summed E-state index contributed by atoms with van der Waals surface area (Å²) in [5, 5.41) is 33.5. The first-order chi connectivity index (χ1) is 17.6. The Morgan fingerprint density at radius 3 is 2.32 bits per heavy atom. The van der Waals surface area contributed by atoms with Crippen LogP contribution in [0.3, 0.4) is 0 Å². The second-order valence-corrected chi connectivity index (χ2v) is 15.5. The highest BCUT2D eigenvalue weighted by Crippen LogP contribution is 2.85. The molecule has 0 bridgehead atoms. The predicted molar refractivity (Wildman–Crippen MR) is 145 cm³/mol. The number of carbonyl (C=O) groups excluding carboxylic acids is 1. The maximum atomic E-state index is 13.1. The minimum atomic E-state index is -0.891. The summed E-state index contributed by atoms with van der Waals surface area (Å²) in [6.07, 6.45) is 6.66. The van der Waals surface area contributed by atoms with Gasteiger partial charge in [-0.1, -0.05) is 54.4 Å². The molecule has 6 heteroatoms. The first-order valence-electron chi connectivity index (χ1n) is 15.4. The molecule has 6 nitrogen and oxygen atoms in total. The molecule has 12 atom stereocenters. The number of aliphatic carboxylic acids is 1. The smallest absolute Gasteiger partial charge is 0.310 e. The van der Waals surface area contributed by atoms with Crippen molar-refractivity contribution in [2.24, 2.45) is 56.7 Å². The molecule has 5 aliphatic carbocycles. The van der Waals surface area contributed by atoms with E-state index in [0.717, 1.165) is 38.5 Å². The van der Waals surface area contributed by atoms with Gasteiger partial charge in [-0.15, -0.1) is 0 Å². The zero-order valence-electron chi connectivity index (χ0n) is 24.8. The van der Waals surface area contributed by atoms with E-state index in [9.17, 15) is 24.9 Å². The zero-order valence-corrected chi connectivity index (χ0v) is 24.8. The number of fused-ring (bicyclic) bond motifs is 6. The number of ether oxygens (including phenoxy) is 1. The van der Waals surface area contributed by atoms with Gasteiger partial charge in [0, 0.05) is 12.3 Å². The SMILES string of the molecule is CC(=O)O[C@H]1C[C@@]2(C)[C@@H](C[C@@H](O)C3[C@]2(C)CC[C@H]2[C@H](C)[C@H](O)CC[C@]32C)[C@]12C[C@]2(CCCC(C)C)C(=O)O. The minimum absolute atomic E-state index is 0.00231. The molecule has 0 aromatic heterocycles. The summed E-state index contributed by atoms with van der Waals surface area (Å²) in [4.78, 5) is 25.5. The number of carboxylic acids is 1. The zero-order chi connectivity index (χ0) is 28.1. The third-order valence-electron chi connectivity index (χ3n) is 13.6. The highest BCUT2D eigenvalue weighted by molar-refractivity contribution is 5.81. The lowest BCUT2D eigenvalue weighted by atomic mass is 9.36. The molecule has 3 N–H and O–H groups in total. The van der Waals surface area contributed by atoms with Crippen LogP contribution in [0.25, 0.3) is 0 Å². The summed E-state index contributed by atoms with van der Waals surface area (Å²) in [7, 11) is 0. The standard InChI is InChI=1S/C32H52O6/c1-18(2)9-8-12-31(27(36)37)17-32(31)24-15-23(35)26-28(5)13-11-22(34)19(3)21(28)10-14-29(26,6)30(24,7)16-25(32)38-20(4)33/h18-19,21-26,34-35H,8-17H2,1-7H3,(H,36,37)/t19-,21-,22+,23+,24+,25-,26?,28-,29-,30-,31+,32+/m0/s1. The molecule has 5 aliphatic rings. The Morgan fingerprint density at radius 2 is 1.71 bits per heavy atom. The van der Waals surface area contributed by atoms with Crippen LogP contribution in [0.2, 0.25) is 0 Å². The van der Waals surface area contributed by atoms with Crippen LogP contribution in [-0.2, 0) is 14.3 Å². The molecule has 5 saturated carbocycles. The quantitative estimate of drug-likeness (QED) is 0.372. The van der Waals surface area contributed by atoms with Crippen molar-refractivity contribution < 1.29 is 29.6 Å². The molecule has 0 amide bonds. The number of hydrogen-bond acceptors (Lipinski definition) is 5. The molecular formula is C32H52O6. The lowest BCUT2D eigenvalue weighted by Crippen LogP contribution is -2.66. The van der Waals surface area contributed by atoms with Crippen molar-refractivity contribution in [3.05, 3.63) is 0 Å². The average Bonchev–Trinajstić information content (AvgIpc) is 3.42. The fourth-order valence-electron chi connectivity index (χ4n) is 11.8. The molecule has 0 aliphatic heterocycles. The number of aliphatic hydroxyl groups is 2. The maximum absolute atomic E-state index is 13.1. The van der Waals surface area contributed by atoms with Crippen LogP contribution in [-0.4, -0.2) is 45.6 Å². The number of hydrogen-bond donors (Lipinski definition) is 3. The van der Waals surface area contributed by atoms with Gasteiger partial charge in [0.2, 0.25) is 0 Å². The van der Waals surface area contributed by atoms with Gasteiger partial charge in [-0.25, -0.2) is 0 Å². The van der Waals surface area contributed by atoms with Crippen LogP contribution in [0.1, 0.15) is 113 Å². The summed E-state index contributed by atoms with van der Waals surface area (Å²) in [6.45, 7) is 15.0. The van der Waals surface area contributed by atoms with Gasteiger partial charge in [-0.05, 0) is 97.2 Å². The lowest BCUT2D eigenvalue weighted by Gasteiger charge is -2.69. The van der Waals surface area contributed by atoms with E-state index < -0.39 is 29.0 Å². The molecule has 1 unspecified atom stereocenters. The van der Waals surface area contributed by atoms with Crippen molar-refractivity contribution in [3.8, 4) is 0 Å². The van der Waals surface area contributed by atoms with Crippen LogP contribution < -0.4 is 0 Å². The van der Waals surface area contributed by atoms with Crippen molar-refractivity contribution in [1.29, 1.82) is 0 Å². The molecule has 5 rings (SSSR count). The lowest BCUT2D eigenvalue weighted by molar-refractivity contribution is -0.241. The van der Waals surface area contributed by atoms with E-state index in [4.69, 9.17) is 4.74 Å². The van der Waals surface area contributed by atoms with Crippen molar-refractivity contribution in [2.45, 2.75) is 131 Å². The largest absolute Gasteiger partial charge is 0.481 e. The number of carbonyl (C=O) groups is 2. The third kappa shape index (κ3) is 3.50. The number of carboxylic acid groups (broad SMARTS) is 1. The first-order valence-corrected chi connectivity index (χ1v) is 15.4. The van der Waals surface area contributed by atoms with Crippen LogP contribution in [0.5, 0.6) is 0 Å². The second kappa shape index (κ2) is 8.93. The highest BCUT2D eigenvalue weighted by Gasteiger charge is 2.86. The summed E-state index contributed by atoms with van der Waals surface area (Å²) in [5.41, 5.74) is -2.01. The maximum Gasteiger partial charge on any atom is 0.310 e. The van der Waals surface area contributed by atoms with Gasteiger partial charge in [0.05, 0.1) is 17.6 Å². The van der Waals surface area contributed by atoms with Gasteiger partial charge in [0.25, 0.3) is 0 Å². The van der Waals surface area contributed by atoms with E-state index in [-0.39, 0.29) is 46.1 Å². The number of esters is 1. The average molecular weight is 533 g/mol. The van der Waals surface area contributed by atoms with Gasteiger partial charge in [0.15, 0.2) is 0 Å². The molecular weight excluding hydrogens is 480 g/mol. The van der Waals surface area contributed by atoms with Crippen LogP contribution in [0.15, 0.2) is 0 Å². The molecule has 38 heavy (non-hydrogen) atoms. The first kappa shape index (κ1) is 28.4. The topological polar surface area (TPSA) is 104 Å². The van der Waals surface area contributed by atoms with Gasteiger partial charge in [-0.2, -0.15) is 0 Å². The Hall–Kier alpha value is -1.14. The molecule has 0 radical (unpaired) electrons. The molecule has 216 valence electrons. The van der Waals surface area contributed by atoms with E-state index in [2.05, 4.69) is 41.5 Å². The van der Waals surface area contributed by atoms with E-state index in [1.165, 1.54) is 6.92 Å². The number of aliphatic hydroxyl groups excluding tert-OH is 2. The third-order valence-corrected chi connectivity index (χ3v) is 13.6. The van der Waals surface area contributed by atoms with Gasteiger partial charge in [-0.3, -0.25) is 9.59 Å². The van der Waals surface area contributed by atoms with Crippen molar-refractivity contribution in [1.82, 2.24) is 0 Å². The Morgan fingerprint density at radius 1 is 1.03 bits per heavy atom. The van der Waals surface area contributed by atoms with Crippen LogP contribution in [0, 0.1) is 56.7 Å². The van der Waals surface area contributed by atoms with Crippen molar-refractivity contribution >= 4 is 11.9 Å². The summed E-state index contributed by atoms with van der Waals surface area (Å²) in [5.74, 6) is 0.0810. The van der Waals surface area contributed by atoms with Gasteiger partial charge in [0.1, 0.15) is 6.10 Å². The normalized spacial score (nSPS) is 53.3. The predicted octanol–water partition coefficient (Wildman–Crippen LogP) is 5.83. The van der Waals surface area contributed by atoms with E-state index in [0.29, 0.717) is 37.5 Å². The molecule has 0 aromatic carbocycles. The molecule has 5 fully saturated rings. The second-order valence-electron chi connectivity index (χ2n) is 15.5. The highest BCUT2D eigenvalue weighted by atomic mass is 16.5. The summed E-state index contributed by atoms with van der Waals surface area (Å²) < 4.78 is 6.08. The van der Waals surface area contributed by atoms with Crippen molar-refractivity contribution in [2.75, 3.05) is 0 Å². The van der Waals surface area contributed by atoms with E-state index in [1.807, 2.05) is 0 Å².